The van der Waals surface area contributed by atoms with E-state index in [2.05, 4.69) is 0 Å². The van der Waals surface area contributed by atoms with Gasteiger partial charge in [-0.1, -0.05) is 18.2 Å². The summed E-state index contributed by atoms with van der Waals surface area (Å²) in [6.45, 7) is 1.53. The highest BCUT2D eigenvalue weighted by atomic mass is 32.2. The molecule has 0 saturated carbocycles. The summed E-state index contributed by atoms with van der Waals surface area (Å²) in [7, 11) is -6.60. The Kier molecular flexibility index (Phi) is 5.31. The van der Waals surface area contributed by atoms with Gasteiger partial charge in [-0.25, -0.2) is 25.6 Å². The Morgan fingerprint density at radius 2 is 1.40 bits per heavy atom. The van der Waals surface area contributed by atoms with Crippen molar-refractivity contribution in [1.82, 2.24) is 4.31 Å². The quantitative estimate of drug-likeness (QED) is 0.788. The molecule has 0 aliphatic carbocycles. The molecular weight excluding hydrogens is 372 g/mol. The first-order chi connectivity index (χ1) is 11.5. The highest BCUT2D eigenvalue weighted by Crippen LogP contribution is 2.29. The van der Waals surface area contributed by atoms with Gasteiger partial charge in [-0.05, 0) is 36.8 Å². The van der Waals surface area contributed by atoms with E-state index in [-0.39, 0.29) is 4.90 Å². The fraction of sp³-hybridized carbons (Fsp3) is 0.250. The van der Waals surface area contributed by atoms with Crippen LogP contribution < -0.4 is 0 Å². The molecule has 0 unspecified atom stereocenters. The van der Waals surface area contributed by atoms with E-state index in [1.54, 1.807) is 0 Å². The maximum atomic E-state index is 13.8. The highest BCUT2D eigenvalue weighted by Gasteiger charge is 2.31. The first kappa shape index (κ1) is 19.5. The molecule has 0 aliphatic heterocycles. The van der Waals surface area contributed by atoms with Crippen LogP contribution in [0, 0.1) is 11.6 Å². The van der Waals surface area contributed by atoms with E-state index in [9.17, 15) is 25.6 Å². The van der Waals surface area contributed by atoms with Gasteiger partial charge in [-0.3, -0.25) is 0 Å². The van der Waals surface area contributed by atoms with E-state index >= 15 is 0 Å². The van der Waals surface area contributed by atoms with Crippen molar-refractivity contribution < 1.29 is 25.6 Å². The number of sulfonamides is 1. The van der Waals surface area contributed by atoms with Crippen LogP contribution in [0.3, 0.4) is 0 Å². The van der Waals surface area contributed by atoms with E-state index in [0.717, 1.165) is 28.8 Å². The zero-order chi connectivity index (χ0) is 19.0. The first-order valence-electron chi connectivity index (χ1n) is 7.18. The van der Waals surface area contributed by atoms with Crippen LogP contribution in [0.25, 0.3) is 0 Å². The molecular formula is C16H17F2NO4S2. The molecule has 0 N–H and O–H groups in total. The minimum Gasteiger partial charge on any atom is -0.224 e. The van der Waals surface area contributed by atoms with Crippen LogP contribution in [0.2, 0.25) is 0 Å². The molecule has 0 radical (unpaired) electrons. The van der Waals surface area contributed by atoms with Gasteiger partial charge in [0.1, 0.15) is 11.6 Å². The average Bonchev–Trinajstić information content (AvgIpc) is 2.52. The molecule has 2 aromatic carbocycles. The smallest absolute Gasteiger partial charge is 0.224 e. The standard InChI is InChI=1S/C16H17F2NO4S2/c1-11(12-7-9-13(10-8-12)24(3,20)21)19(2)25(22,23)16-14(17)5-4-6-15(16)18/h4-11H,1-3H3/t11-/m0/s1. The fourth-order valence-electron chi connectivity index (χ4n) is 2.28. The molecule has 5 nitrogen and oxygen atoms in total. The summed E-state index contributed by atoms with van der Waals surface area (Å²) < 4.78 is 76.6. The Bertz CT molecular complexity index is 967. The summed E-state index contributed by atoms with van der Waals surface area (Å²) in [6, 6.07) is 7.69. The molecule has 2 rings (SSSR count). The third-order valence-electron chi connectivity index (χ3n) is 3.89. The van der Waals surface area contributed by atoms with Crippen molar-refractivity contribution in [2.24, 2.45) is 0 Å². The maximum Gasteiger partial charge on any atom is 0.249 e. The molecule has 2 aromatic rings. The zero-order valence-corrected chi connectivity index (χ0v) is 15.4. The molecule has 0 bridgehead atoms. The van der Waals surface area contributed by atoms with Gasteiger partial charge in [0.05, 0.1) is 4.90 Å². The van der Waals surface area contributed by atoms with Gasteiger partial charge < -0.3 is 0 Å². The van der Waals surface area contributed by atoms with Crippen LogP contribution in [0.4, 0.5) is 8.78 Å². The lowest BCUT2D eigenvalue weighted by Gasteiger charge is -2.25. The largest absolute Gasteiger partial charge is 0.249 e. The predicted octanol–water partition coefficient (Wildman–Crippen LogP) is 2.75. The second-order valence-corrected chi connectivity index (χ2v) is 9.54. The van der Waals surface area contributed by atoms with Gasteiger partial charge in [-0.2, -0.15) is 4.31 Å². The second kappa shape index (κ2) is 6.81. The van der Waals surface area contributed by atoms with Crippen LogP contribution in [-0.2, 0) is 19.9 Å². The van der Waals surface area contributed by atoms with E-state index in [1.165, 1.54) is 38.2 Å². The normalized spacial score (nSPS) is 13.8. The summed E-state index contributed by atoms with van der Waals surface area (Å²) in [5, 5.41) is 0. The molecule has 0 aliphatic rings. The lowest BCUT2D eigenvalue weighted by atomic mass is 10.1. The number of sulfone groups is 1. The van der Waals surface area contributed by atoms with Crippen LogP contribution in [0.15, 0.2) is 52.3 Å². The van der Waals surface area contributed by atoms with E-state index in [1.807, 2.05) is 0 Å². The fourth-order valence-corrected chi connectivity index (χ4v) is 4.37. The number of hydrogen-bond donors (Lipinski definition) is 0. The monoisotopic (exact) mass is 389 g/mol. The van der Waals surface area contributed by atoms with Crippen molar-refractivity contribution in [3.05, 3.63) is 59.7 Å². The zero-order valence-electron chi connectivity index (χ0n) is 13.8. The summed E-state index contributed by atoms with van der Waals surface area (Å²) in [4.78, 5) is -0.925. The Balaban J connectivity index is 2.41. The lowest BCUT2D eigenvalue weighted by molar-refractivity contribution is 0.390. The number of rotatable bonds is 5. The molecule has 0 spiro atoms. The van der Waals surface area contributed by atoms with Crippen LogP contribution in [0.1, 0.15) is 18.5 Å². The summed E-state index contributed by atoms with van der Waals surface area (Å²) in [5.41, 5.74) is 0.482. The second-order valence-electron chi connectivity index (χ2n) is 5.59. The van der Waals surface area contributed by atoms with Crippen LogP contribution >= 0.6 is 0 Å². The highest BCUT2D eigenvalue weighted by molar-refractivity contribution is 7.90. The van der Waals surface area contributed by atoms with Crippen LogP contribution in [0.5, 0.6) is 0 Å². The molecule has 0 saturated heterocycles. The van der Waals surface area contributed by atoms with Gasteiger partial charge in [-0.15, -0.1) is 0 Å². The third kappa shape index (κ3) is 3.88. The Morgan fingerprint density at radius 1 is 0.920 bits per heavy atom. The minimum atomic E-state index is -4.42. The molecule has 1 atom stereocenters. The summed E-state index contributed by atoms with van der Waals surface area (Å²) in [5.74, 6) is -2.35. The van der Waals surface area contributed by atoms with Gasteiger partial charge in [0.15, 0.2) is 14.7 Å². The van der Waals surface area contributed by atoms with Crippen LogP contribution in [-0.4, -0.2) is 34.4 Å². The molecule has 0 heterocycles. The Morgan fingerprint density at radius 3 is 1.84 bits per heavy atom. The molecule has 0 amide bonds. The molecule has 25 heavy (non-hydrogen) atoms. The van der Waals surface area contributed by atoms with Crippen molar-refractivity contribution in [3.8, 4) is 0 Å². The predicted molar refractivity (Wildman–Crippen MR) is 89.3 cm³/mol. The molecule has 136 valence electrons. The minimum absolute atomic E-state index is 0.0918. The number of hydrogen-bond acceptors (Lipinski definition) is 4. The number of nitrogens with zero attached hydrogens (tertiary/aromatic N) is 1. The summed E-state index contributed by atoms with van der Waals surface area (Å²) in [6.07, 6.45) is 1.06. The van der Waals surface area contributed by atoms with Crippen molar-refractivity contribution in [1.29, 1.82) is 0 Å². The number of benzene rings is 2. The summed E-state index contributed by atoms with van der Waals surface area (Å²) >= 11 is 0. The van der Waals surface area contributed by atoms with Crippen molar-refractivity contribution in [2.45, 2.75) is 22.8 Å². The van der Waals surface area contributed by atoms with Crippen molar-refractivity contribution in [3.63, 3.8) is 0 Å². The Labute approximate surface area is 145 Å². The molecule has 9 heteroatoms. The van der Waals surface area contributed by atoms with Gasteiger partial charge in [0.2, 0.25) is 10.0 Å². The van der Waals surface area contributed by atoms with E-state index < -0.39 is 42.4 Å². The average molecular weight is 389 g/mol. The van der Waals surface area contributed by atoms with E-state index in [4.69, 9.17) is 0 Å². The molecule has 0 fully saturated rings. The van der Waals surface area contributed by atoms with E-state index in [0.29, 0.717) is 5.56 Å². The van der Waals surface area contributed by atoms with Crippen molar-refractivity contribution >= 4 is 19.9 Å². The number of halogens is 2. The van der Waals surface area contributed by atoms with Gasteiger partial charge >= 0.3 is 0 Å². The van der Waals surface area contributed by atoms with Gasteiger partial charge in [0, 0.05) is 19.3 Å². The Hall–Kier alpha value is -1.84. The topological polar surface area (TPSA) is 71.5 Å². The molecule has 0 aromatic heterocycles. The third-order valence-corrected chi connectivity index (χ3v) is 7.00. The van der Waals surface area contributed by atoms with Gasteiger partial charge in [0.25, 0.3) is 0 Å². The lowest BCUT2D eigenvalue weighted by Crippen LogP contribution is -2.31. The first-order valence-corrected chi connectivity index (χ1v) is 10.5. The van der Waals surface area contributed by atoms with Crippen molar-refractivity contribution in [2.75, 3.05) is 13.3 Å². The SMILES string of the molecule is C[C@@H](c1ccc(S(C)(=O)=O)cc1)N(C)S(=O)(=O)c1c(F)cccc1F. The maximum absolute atomic E-state index is 13.8.